The minimum atomic E-state index is 0. The lowest BCUT2D eigenvalue weighted by atomic mass is 10.8. The Balaban J connectivity index is 0. The minimum absolute atomic E-state index is 0. The lowest BCUT2D eigenvalue weighted by molar-refractivity contribution is 0.824. The van der Waals surface area contributed by atoms with E-state index in [1.54, 1.807) is 0 Å². The van der Waals surface area contributed by atoms with Crippen LogP contribution in [-0.2, 0) is 0 Å². The van der Waals surface area contributed by atoms with Crippen LogP contribution in [0.2, 0.25) is 0 Å². The molecular formula is H12AlBOSi. The maximum absolute atomic E-state index is 0. The molecule has 0 aliphatic rings. The molecule has 2 N–H and O–H groups in total. The van der Waals surface area contributed by atoms with Gasteiger partial charge in [0.1, 0.15) is 0 Å². The fraction of sp³-hybridized carbons (Fsp3) is 0. The van der Waals surface area contributed by atoms with Crippen LogP contribution in [0.4, 0.5) is 0 Å². The molecule has 0 aromatic heterocycles. The van der Waals surface area contributed by atoms with E-state index >= 15 is 0 Å². The molecule has 0 spiro atoms. The van der Waals surface area contributed by atoms with Crippen LogP contribution in [0.3, 0.4) is 0 Å². The van der Waals surface area contributed by atoms with Crippen molar-refractivity contribution in [2.24, 2.45) is 0 Å². The molecule has 0 radical (unpaired) electrons. The third kappa shape index (κ3) is 14.6. The molecule has 0 atom stereocenters. The molecule has 0 aromatic rings. The summed E-state index contributed by atoms with van der Waals surface area (Å²) in [5.74, 6) is 0. The molecule has 0 saturated heterocycles. The predicted octanol–water partition coefficient (Wildman–Crippen LogP) is -4.64. The highest BCUT2D eigenvalue weighted by molar-refractivity contribution is 5.76. The van der Waals surface area contributed by atoms with Gasteiger partial charge in [0.05, 0.1) is 8.41 Å². The Labute approximate surface area is 42.8 Å². The first kappa shape index (κ1) is 113. The van der Waals surface area contributed by atoms with Crippen LogP contribution in [0.25, 0.3) is 0 Å². The summed E-state index contributed by atoms with van der Waals surface area (Å²) in [6.45, 7) is 0. The summed E-state index contributed by atoms with van der Waals surface area (Å²) in [6.07, 6.45) is 0. The average Bonchev–Trinajstić information content (AvgIpc) is 0. The molecule has 0 unspecified atom stereocenters. The Kier molecular flexibility index (Phi) is 1370. The third-order valence-electron chi connectivity index (χ3n) is 0. The quantitative estimate of drug-likeness (QED) is 0.270. The molecule has 0 bridgehead atoms. The van der Waals surface area contributed by atoms with Gasteiger partial charge in [-0.3, -0.25) is 0 Å². The second-order valence-electron chi connectivity index (χ2n) is 0. The van der Waals surface area contributed by atoms with E-state index in [-0.39, 0.29) is 42.2 Å². The topological polar surface area (TPSA) is 31.5 Å². The summed E-state index contributed by atoms with van der Waals surface area (Å²) in [5.41, 5.74) is 0. The van der Waals surface area contributed by atoms with Gasteiger partial charge in [0.2, 0.25) is 0 Å². The van der Waals surface area contributed by atoms with Gasteiger partial charge in [-0.2, -0.15) is 0 Å². The van der Waals surface area contributed by atoms with Crippen LogP contribution in [0, 0.1) is 0 Å². The zero-order chi connectivity index (χ0) is 0. The van der Waals surface area contributed by atoms with Crippen molar-refractivity contribution in [1.82, 2.24) is 0 Å². The Bertz CT molecular complexity index is 8.00. The molecule has 0 aromatic carbocycles. The molecule has 0 rings (SSSR count). The summed E-state index contributed by atoms with van der Waals surface area (Å²) in [5, 5.41) is 0. The normalized spacial score (nSPS) is 0. The number of rotatable bonds is 0. The predicted molar refractivity (Wildman–Crippen MR) is 34.8 cm³/mol. The molecular weight excluding hydrogens is 81.9 g/mol. The summed E-state index contributed by atoms with van der Waals surface area (Å²) < 4.78 is 0. The molecule has 0 aliphatic heterocycles. The van der Waals surface area contributed by atoms with Gasteiger partial charge in [0.15, 0.2) is 17.4 Å². The molecule has 4 heteroatoms. The fourth-order valence-corrected chi connectivity index (χ4v) is 0. The van der Waals surface area contributed by atoms with E-state index in [2.05, 4.69) is 0 Å². The van der Waals surface area contributed by atoms with Gasteiger partial charge in [0, 0.05) is 0 Å². The van der Waals surface area contributed by atoms with Crippen molar-refractivity contribution in [2.75, 3.05) is 0 Å². The molecule has 0 fully saturated rings. The molecule has 1 nitrogen and oxygen atoms in total. The molecule has 28 valence electrons. The summed E-state index contributed by atoms with van der Waals surface area (Å²) in [7, 11) is 0. The van der Waals surface area contributed by atoms with Crippen molar-refractivity contribution in [1.29, 1.82) is 0 Å². The van der Waals surface area contributed by atoms with E-state index in [4.69, 9.17) is 0 Å². The van der Waals surface area contributed by atoms with E-state index in [1.165, 1.54) is 0 Å². The highest BCUT2D eigenvalue weighted by atomic mass is 28.1. The molecule has 0 heterocycles. The van der Waals surface area contributed by atoms with Crippen molar-refractivity contribution < 1.29 is 5.48 Å². The standard InChI is InChI=1S/Al.BH3.H2O.H4Si.3H/h;1H3;1H2;1H4;;;. The fourth-order valence-electron chi connectivity index (χ4n) is 0. The Morgan fingerprint density at radius 1 is 1.00 bits per heavy atom. The maximum Gasteiger partial charge on any atom is 0.187 e. The molecule has 0 amide bonds. The number of hydrogen-bond donors (Lipinski definition) is 0. The van der Waals surface area contributed by atoms with E-state index in [0.717, 1.165) is 0 Å². The summed E-state index contributed by atoms with van der Waals surface area (Å²) in [6, 6.07) is 0. The Hall–Kier alpha value is 0.774. The SMILES string of the molecule is B.O.[AlH3].[SiH4]. The van der Waals surface area contributed by atoms with Gasteiger partial charge in [-0.15, -0.1) is 0 Å². The van der Waals surface area contributed by atoms with Gasteiger partial charge in [-0.1, -0.05) is 0 Å². The van der Waals surface area contributed by atoms with E-state index in [0.29, 0.717) is 0 Å². The number of hydrogen-bond acceptors (Lipinski definition) is 0. The Morgan fingerprint density at radius 3 is 1.00 bits per heavy atom. The zero-order valence-corrected chi connectivity index (χ0v) is 0.500. The highest BCUT2D eigenvalue weighted by Gasteiger charge is 0.187. The molecule has 0 saturated carbocycles. The monoisotopic (exact) mass is 94.1 g/mol. The van der Waals surface area contributed by atoms with Gasteiger partial charge in [-0.05, 0) is 11.0 Å². The van der Waals surface area contributed by atoms with Crippen LogP contribution in [0.1, 0.15) is 0 Å². The smallest absolute Gasteiger partial charge is 0.187 e. The van der Waals surface area contributed by atoms with Crippen LogP contribution < -0.4 is 0 Å². The first-order valence-corrected chi connectivity index (χ1v) is 0. The first-order chi connectivity index (χ1) is 0. The zero-order valence-electron chi connectivity index (χ0n) is 0.500. The van der Waals surface area contributed by atoms with Gasteiger partial charge < -0.3 is 5.48 Å². The van der Waals surface area contributed by atoms with Gasteiger partial charge >= 0.3 is 0 Å². The average molecular weight is 94.0 g/mol. The van der Waals surface area contributed by atoms with Crippen molar-refractivity contribution in [3.8, 4) is 0 Å². The largest absolute Gasteiger partial charge is 0.412 e. The van der Waals surface area contributed by atoms with Crippen molar-refractivity contribution in [2.45, 2.75) is 0 Å². The Morgan fingerprint density at radius 2 is 1.00 bits per heavy atom. The van der Waals surface area contributed by atoms with E-state index in [1.807, 2.05) is 0 Å². The second kappa shape index (κ2) is 48.5. The molecule has 0 aliphatic carbocycles. The third-order valence-corrected chi connectivity index (χ3v) is 0. The van der Waals surface area contributed by atoms with Crippen LogP contribution in [0.15, 0.2) is 0 Å². The van der Waals surface area contributed by atoms with Gasteiger partial charge in [-0.25, -0.2) is 0 Å². The lowest BCUT2D eigenvalue weighted by Gasteiger charge is -0.412. The van der Waals surface area contributed by atoms with Crippen LogP contribution in [0.5, 0.6) is 0 Å². The van der Waals surface area contributed by atoms with Crippen molar-refractivity contribution in [3.05, 3.63) is 0 Å². The highest BCUT2D eigenvalue weighted by Crippen LogP contribution is -0.289. The maximum atomic E-state index is 0. The lowest BCUT2D eigenvalue weighted by Crippen LogP contribution is -0.382. The summed E-state index contributed by atoms with van der Waals surface area (Å²) in [4.78, 5) is 0. The van der Waals surface area contributed by atoms with Crippen molar-refractivity contribution in [3.63, 3.8) is 0 Å². The van der Waals surface area contributed by atoms with Crippen LogP contribution in [-0.4, -0.2) is 42.2 Å². The first-order valence-electron chi connectivity index (χ1n) is 0. The molecule has 4 heavy (non-hydrogen) atoms. The summed E-state index contributed by atoms with van der Waals surface area (Å²) >= 11 is 0. The van der Waals surface area contributed by atoms with Crippen molar-refractivity contribution >= 4 is 36.7 Å². The second-order valence-corrected chi connectivity index (χ2v) is 0. The van der Waals surface area contributed by atoms with Crippen LogP contribution >= 0.6 is 0 Å². The van der Waals surface area contributed by atoms with E-state index < -0.39 is 0 Å². The minimum Gasteiger partial charge on any atom is -0.412 e. The van der Waals surface area contributed by atoms with E-state index in [9.17, 15) is 0 Å². The van der Waals surface area contributed by atoms with Gasteiger partial charge in [0.25, 0.3) is 0 Å².